The van der Waals surface area contributed by atoms with Crippen LogP contribution in [0, 0.1) is 11.7 Å². The Morgan fingerprint density at radius 2 is 1.76 bits per heavy atom. The highest BCUT2D eigenvalue weighted by atomic mass is 19.1. The van der Waals surface area contributed by atoms with E-state index in [2.05, 4.69) is 12.1 Å². The Bertz CT molecular complexity index is 656. The van der Waals surface area contributed by atoms with Gasteiger partial charge < -0.3 is 0 Å². The number of allylic oxidation sites excluding steroid dienone is 1. The van der Waals surface area contributed by atoms with Crippen molar-refractivity contribution in [3.8, 4) is 0 Å². The lowest BCUT2D eigenvalue weighted by atomic mass is 9.96. The van der Waals surface area contributed by atoms with Crippen molar-refractivity contribution < 1.29 is 9.18 Å². The van der Waals surface area contributed by atoms with Crippen molar-refractivity contribution in [1.29, 1.82) is 0 Å². The summed E-state index contributed by atoms with van der Waals surface area (Å²) in [6.45, 7) is 0. The molecule has 1 atom stereocenters. The molecule has 21 heavy (non-hydrogen) atoms. The number of rotatable bonds is 3. The molecule has 1 aliphatic rings. The topological polar surface area (TPSA) is 17.1 Å². The van der Waals surface area contributed by atoms with Crippen LogP contribution in [0.2, 0.25) is 0 Å². The normalized spacial score (nSPS) is 20.1. The number of carbonyl (C=O) groups is 1. The van der Waals surface area contributed by atoms with Crippen molar-refractivity contribution in [3.63, 3.8) is 0 Å². The molecule has 106 valence electrons. The zero-order valence-electron chi connectivity index (χ0n) is 11.8. The average Bonchev–Trinajstić information content (AvgIpc) is 2.84. The molecule has 0 aromatic heterocycles. The summed E-state index contributed by atoms with van der Waals surface area (Å²) in [5, 5.41) is 0. The zero-order valence-corrected chi connectivity index (χ0v) is 11.8. The van der Waals surface area contributed by atoms with Gasteiger partial charge in [0.15, 0.2) is 5.78 Å². The van der Waals surface area contributed by atoms with E-state index in [1.165, 1.54) is 17.7 Å². The second kappa shape index (κ2) is 6.04. The number of hydrogen-bond donors (Lipinski definition) is 0. The van der Waals surface area contributed by atoms with Crippen LogP contribution in [0.1, 0.15) is 24.0 Å². The minimum Gasteiger partial charge on any atom is -0.294 e. The van der Waals surface area contributed by atoms with Crippen LogP contribution in [0.15, 0.2) is 60.2 Å². The van der Waals surface area contributed by atoms with Gasteiger partial charge in [-0.2, -0.15) is 0 Å². The predicted octanol–water partition coefficient (Wildman–Crippen LogP) is 4.43. The van der Waals surface area contributed by atoms with E-state index in [4.69, 9.17) is 0 Å². The number of benzene rings is 2. The second-order valence-corrected chi connectivity index (χ2v) is 5.51. The van der Waals surface area contributed by atoms with E-state index in [9.17, 15) is 9.18 Å². The van der Waals surface area contributed by atoms with Crippen LogP contribution in [0.5, 0.6) is 0 Å². The third-order valence-electron chi connectivity index (χ3n) is 3.99. The molecule has 1 fully saturated rings. The Labute approximate surface area is 124 Å². The summed E-state index contributed by atoms with van der Waals surface area (Å²) >= 11 is 0. The Morgan fingerprint density at radius 3 is 2.48 bits per heavy atom. The molecule has 0 radical (unpaired) electrons. The van der Waals surface area contributed by atoms with E-state index >= 15 is 0 Å². The van der Waals surface area contributed by atoms with Crippen molar-refractivity contribution in [3.05, 3.63) is 77.1 Å². The molecule has 0 aliphatic heterocycles. The minimum absolute atomic E-state index is 0.0825. The third-order valence-corrected chi connectivity index (χ3v) is 3.99. The molecular weight excluding hydrogens is 263 g/mol. The van der Waals surface area contributed by atoms with E-state index in [1.807, 2.05) is 24.3 Å². The zero-order chi connectivity index (χ0) is 14.7. The maximum atomic E-state index is 12.9. The summed E-state index contributed by atoms with van der Waals surface area (Å²) in [4.78, 5) is 12.4. The average molecular weight is 280 g/mol. The van der Waals surface area contributed by atoms with Crippen LogP contribution in [0.25, 0.3) is 6.08 Å². The van der Waals surface area contributed by atoms with Crippen LogP contribution in [0.3, 0.4) is 0 Å². The van der Waals surface area contributed by atoms with Crippen LogP contribution >= 0.6 is 0 Å². The molecule has 1 unspecified atom stereocenters. The van der Waals surface area contributed by atoms with E-state index in [0.717, 1.165) is 30.4 Å². The molecule has 2 aromatic carbocycles. The monoisotopic (exact) mass is 280 g/mol. The Morgan fingerprint density at radius 1 is 1.05 bits per heavy atom. The molecule has 2 heteroatoms. The van der Waals surface area contributed by atoms with Crippen molar-refractivity contribution in [2.75, 3.05) is 0 Å². The first kappa shape index (κ1) is 13.7. The molecule has 0 amide bonds. The maximum absolute atomic E-state index is 12.9. The highest BCUT2D eigenvalue weighted by Gasteiger charge is 2.28. The predicted molar refractivity (Wildman–Crippen MR) is 82.3 cm³/mol. The Hall–Kier alpha value is -2.22. The standard InChI is InChI=1S/C19H17FO/c20-18-10-6-15(7-11-18)13-17-9-8-16(19(17)21)12-14-4-2-1-3-5-14/h1-7,10-11,13,16H,8-9,12H2/b17-13+. The van der Waals surface area contributed by atoms with Crippen LogP contribution < -0.4 is 0 Å². The van der Waals surface area contributed by atoms with E-state index < -0.39 is 0 Å². The van der Waals surface area contributed by atoms with Gasteiger partial charge in [-0.3, -0.25) is 4.79 Å². The summed E-state index contributed by atoms with van der Waals surface area (Å²) < 4.78 is 12.9. The van der Waals surface area contributed by atoms with Gasteiger partial charge in [-0.1, -0.05) is 42.5 Å². The lowest BCUT2D eigenvalue weighted by molar-refractivity contribution is -0.117. The lowest BCUT2D eigenvalue weighted by Crippen LogP contribution is -2.10. The fraction of sp³-hybridized carbons (Fsp3) is 0.211. The highest BCUT2D eigenvalue weighted by Crippen LogP contribution is 2.30. The number of ketones is 1. The van der Waals surface area contributed by atoms with E-state index in [-0.39, 0.29) is 17.5 Å². The number of halogens is 1. The molecule has 1 nitrogen and oxygen atoms in total. The van der Waals surface area contributed by atoms with Gasteiger partial charge in [0.1, 0.15) is 5.82 Å². The fourth-order valence-electron chi connectivity index (χ4n) is 2.84. The molecule has 0 saturated heterocycles. The van der Waals surface area contributed by atoms with Gasteiger partial charge in [0.2, 0.25) is 0 Å². The van der Waals surface area contributed by atoms with Gasteiger partial charge in [0, 0.05) is 5.92 Å². The van der Waals surface area contributed by atoms with Crippen molar-refractivity contribution in [1.82, 2.24) is 0 Å². The van der Waals surface area contributed by atoms with Crippen LogP contribution in [0.4, 0.5) is 4.39 Å². The van der Waals surface area contributed by atoms with Crippen molar-refractivity contribution in [2.45, 2.75) is 19.3 Å². The minimum atomic E-state index is -0.253. The first-order valence-electron chi connectivity index (χ1n) is 7.26. The van der Waals surface area contributed by atoms with E-state index in [0.29, 0.717) is 0 Å². The molecule has 1 saturated carbocycles. The Kier molecular flexibility index (Phi) is 3.96. The third kappa shape index (κ3) is 3.27. The molecular formula is C19H17FO. The van der Waals surface area contributed by atoms with Crippen molar-refractivity contribution >= 4 is 11.9 Å². The van der Waals surface area contributed by atoms with Gasteiger partial charge in [0.25, 0.3) is 0 Å². The smallest absolute Gasteiger partial charge is 0.162 e. The van der Waals surface area contributed by atoms with Gasteiger partial charge in [-0.25, -0.2) is 4.39 Å². The quantitative estimate of drug-likeness (QED) is 0.760. The summed E-state index contributed by atoms with van der Waals surface area (Å²) in [7, 11) is 0. The van der Waals surface area contributed by atoms with Gasteiger partial charge >= 0.3 is 0 Å². The molecule has 1 aliphatic carbocycles. The lowest BCUT2D eigenvalue weighted by Gasteiger charge is -2.07. The maximum Gasteiger partial charge on any atom is 0.162 e. The summed E-state index contributed by atoms with van der Waals surface area (Å²) in [5.41, 5.74) is 2.96. The summed E-state index contributed by atoms with van der Waals surface area (Å²) in [6, 6.07) is 16.4. The SMILES string of the molecule is O=C1/C(=C/c2ccc(F)cc2)CCC1Cc1ccccc1. The summed E-state index contributed by atoms with van der Waals surface area (Å²) in [6.07, 6.45) is 4.42. The molecule has 0 bridgehead atoms. The van der Waals surface area contributed by atoms with Crippen LogP contribution in [-0.4, -0.2) is 5.78 Å². The molecule has 3 rings (SSSR count). The van der Waals surface area contributed by atoms with Crippen molar-refractivity contribution in [2.24, 2.45) is 5.92 Å². The summed E-state index contributed by atoms with van der Waals surface area (Å²) in [5.74, 6) is 0.0686. The number of hydrogen-bond acceptors (Lipinski definition) is 1. The van der Waals surface area contributed by atoms with Gasteiger partial charge in [-0.05, 0) is 54.2 Å². The first-order valence-corrected chi connectivity index (χ1v) is 7.26. The molecule has 0 N–H and O–H groups in total. The Balaban J connectivity index is 1.73. The van der Waals surface area contributed by atoms with Crippen LogP contribution in [-0.2, 0) is 11.2 Å². The van der Waals surface area contributed by atoms with E-state index in [1.54, 1.807) is 12.1 Å². The second-order valence-electron chi connectivity index (χ2n) is 5.51. The number of Topliss-reactive ketones (excluding diaryl/α,β-unsaturated/α-hetero) is 1. The number of carbonyl (C=O) groups excluding carboxylic acids is 1. The molecule has 0 spiro atoms. The fourth-order valence-corrected chi connectivity index (χ4v) is 2.84. The highest BCUT2D eigenvalue weighted by molar-refractivity contribution is 6.03. The largest absolute Gasteiger partial charge is 0.294 e. The first-order chi connectivity index (χ1) is 10.2. The van der Waals surface area contributed by atoms with Gasteiger partial charge in [-0.15, -0.1) is 0 Å². The molecule has 0 heterocycles. The molecule has 2 aromatic rings. The van der Waals surface area contributed by atoms with Gasteiger partial charge in [0.05, 0.1) is 0 Å².